The normalized spacial score (nSPS) is 21.4. The molecule has 0 radical (unpaired) electrons. The molecule has 4 aromatic rings. The zero-order valence-corrected chi connectivity index (χ0v) is 18.9. The molecule has 0 bridgehead atoms. The summed E-state index contributed by atoms with van der Waals surface area (Å²) in [4.78, 5) is 2.44. The first-order valence-corrected chi connectivity index (χ1v) is 12.0. The lowest BCUT2D eigenvalue weighted by Gasteiger charge is -2.39. The van der Waals surface area contributed by atoms with Crippen LogP contribution in [0.1, 0.15) is 43.4 Å². The SMILES string of the molecule is CCN(CC)c1ccc2c(c1)C1C=CCC1C(c1c3ccccc3cc3ccccc13)N2. The van der Waals surface area contributed by atoms with E-state index >= 15 is 0 Å². The van der Waals surface area contributed by atoms with Crippen molar-refractivity contribution in [2.45, 2.75) is 32.2 Å². The number of allylic oxidation sites excluding steroid dienone is 2. The third-order valence-corrected chi connectivity index (χ3v) is 7.60. The summed E-state index contributed by atoms with van der Waals surface area (Å²) in [6, 6.07) is 27.4. The van der Waals surface area contributed by atoms with Crippen LogP contribution < -0.4 is 10.2 Å². The smallest absolute Gasteiger partial charge is 0.0566 e. The molecule has 32 heavy (non-hydrogen) atoms. The number of rotatable bonds is 4. The van der Waals surface area contributed by atoms with Gasteiger partial charge in [-0.2, -0.15) is 0 Å². The van der Waals surface area contributed by atoms with Gasteiger partial charge >= 0.3 is 0 Å². The molecule has 1 N–H and O–H groups in total. The predicted octanol–water partition coefficient (Wildman–Crippen LogP) is 7.67. The van der Waals surface area contributed by atoms with Crippen LogP contribution in [0.4, 0.5) is 11.4 Å². The first-order valence-electron chi connectivity index (χ1n) is 12.0. The fourth-order valence-electron chi connectivity index (χ4n) is 6.04. The highest BCUT2D eigenvalue weighted by Crippen LogP contribution is 2.52. The van der Waals surface area contributed by atoms with Gasteiger partial charge in [-0.05, 0) is 83.1 Å². The molecule has 1 aliphatic carbocycles. The van der Waals surface area contributed by atoms with Crippen LogP contribution >= 0.6 is 0 Å². The molecular formula is C30H30N2. The van der Waals surface area contributed by atoms with E-state index in [2.05, 4.69) is 109 Å². The van der Waals surface area contributed by atoms with Crippen LogP contribution in [0, 0.1) is 5.92 Å². The lowest BCUT2D eigenvalue weighted by Crippen LogP contribution is -2.30. The van der Waals surface area contributed by atoms with E-state index in [9.17, 15) is 0 Å². The first-order chi connectivity index (χ1) is 15.8. The van der Waals surface area contributed by atoms with Crippen molar-refractivity contribution < 1.29 is 0 Å². The number of hydrogen-bond acceptors (Lipinski definition) is 2. The maximum Gasteiger partial charge on any atom is 0.0566 e. The van der Waals surface area contributed by atoms with E-state index in [0.717, 1.165) is 19.5 Å². The second kappa shape index (κ2) is 7.70. The molecule has 0 saturated heterocycles. The van der Waals surface area contributed by atoms with Gasteiger partial charge < -0.3 is 10.2 Å². The number of anilines is 2. The largest absolute Gasteiger partial charge is 0.378 e. The average Bonchev–Trinajstić information content (AvgIpc) is 3.33. The summed E-state index contributed by atoms with van der Waals surface area (Å²) >= 11 is 0. The summed E-state index contributed by atoms with van der Waals surface area (Å²) in [6.45, 7) is 6.55. The summed E-state index contributed by atoms with van der Waals surface area (Å²) < 4.78 is 0. The molecule has 3 unspecified atom stereocenters. The van der Waals surface area contributed by atoms with Crippen molar-refractivity contribution in [3.8, 4) is 0 Å². The number of benzene rings is 4. The fraction of sp³-hybridized carbons (Fsp3) is 0.267. The van der Waals surface area contributed by atoms with Gasteiger partial charge in [-0.15, -0.1) is 0 Å². The van der Waals surface area contributed by atoms with Crippen molar-refractivity contribution in [2.24, 2.45) is 5.92 Å². The van der Waals surface area contributed by atoms with Crippen molar-refractivity contribution in [3.05, 3.63) is 96.1 Å². The predicted molar refractivity (Wildman–Crippen MR) is 138 cm³/mol. The topological polar surface area (TPSA) is 15.3 Å². The van der Waals surface area contributed by atoms with Gasteiger partial charge in [0, 0.05) is 30.4 Å². The van der Waals surface area contributed by atoms with Gasteiger partial charge in [-0.25, -0.2) is 0 Å². The highest BCUT2D eigenvalue weighted by atomic mass is 15.1. The maximum absolute atomic E-state index is 4.01. The Labute approximate surface area is 190 Å². The summed E-state index contributed by atoms with van der Waals surface area (Å²) in [7, 11) is 0. The van der Waals surface area contributed by atoms with Gasteiger partial charge in [-0.3, -0.25) is 0 Å². The molecule has 0 fully saturated rings. The van der Waals surface area contributed by atoms with Gasteiger partial charge in [0.2, 0.25) is 0 Å². The minimum Gasteiger partial charge on any atom is -0.378 e. The van der Waals surface area contributed by atoms with Gasteiger partial charge in [-0.1, -0.05) is 60.7 Å². The van der Waals surface area contributed by atoms with Crippen LogP contribution in [0.5, 0.6) is 0 Å². The lowest BCUT2D eigenvalue weighted by molar-refractivity contribution is 0.429. The van der Waals surface area contributed by atoms with E-state index in [1.54, 1.807) is 0 Å². The first kappa shape index (κ1) is 19.4. The van der Waals surface area contributed by atoms with Gasteiger partial charge in [0.15, 0.2) is 0 Å². The number of nitrogens with zero attached hydrogens (tertiary/aromatic N) is 1. The van der Waals surface area contributed by atoms with Crippen LogP contribution in [0.2, 0.25) is 0 Å². The Morgan fingerprint density at radius 3 is 2.22 bits per heavy atom. The molecule has 3 atom stereocenters. The third kappa shape index (κ3) is 2.93. The Morgan fingerprint density at radius 1 is 0.844 bits per heavy atom. The molecule has 6 rings (SSSR count). The van der Waals surface area contributed by atoms with Crippen molar-refractivity contribution in [1.29, 1.82) is 0 Å². The standard InChI is InChI=1S/C30H30N2/c1-3-32(4-2)22-16-17-28-27(19-22)25-14-9-15-26(25)30(31-28)29-23-12-7-5-10-20(23)18-21-11-6-8-13-24(21)29/h5-14,16-19,25-26,30-31H,3-4,15H2,1-2H3. The van der Waals surface area contributed by atoms with Crippen LogP contribution in [0.15, 0.2) is 84.9 Å². The summed E-state index contributed by atoms with van der Waals surface area (Å²) in [5.41, 5.74) is 5.53. The van der Waals surface area contributed by atoms with Crippen LogP contribution in [-0.2, 0) is 0 Å². The average molecular weight is 419 g/mol. The quantitative estimate of drug-likeness (QED) is 0.270. The van der Waals surface area contributed by atoms with E-state index in [1.165, 1.54) is 44.0 Å². The van der Waals surface area contributed by atoms with E-state index in [1.807, 2.05) is 0 Å². The Bertz CT molecular complexity index is 1280. The Kier molecular flexibility index (Phi) is 4.68. The molecule has 1 heterocycles. The third-order valence-electron chi connectivity index (χ3n) is 7.60. The molecule has 4 aromatic carbocycles. The van der Waals surface area contributed by atoms with E-state index in [4.69, 9.17) is 0 Å². The summed E-state index contributed by atoms with van der Waals surface area (Å²) in [5.74, 6) is 0.994. The van der Waals surface area contributed by atoms with Gasteiger partial charge in [0.05, 0.1) is 6.04 Å². The van der Waals surface area contributed by atoms with Gasteiger partial charge in [0.25, 0.3) is 0 Å². The maximum atomic E-state index is 4.01. The minimum absolute atomic E-state index is 0.290. The molecule has 1 aliphatic heterocycles. The Hall–Kier alpha value is -3.26. The van der Waals surface area contributed by atoms with Gasteiger partial charge in [0.1, 0.15) is 0 Å². The van der Waals surface area contributed by atoms with Crippen LogP contribution in [-0.4, -0.2) is 13.1 Å². The van der Waals surface area contributed by atoms with Crippen molar-refractivity contribution >= 4 is 32.9 Å². The van der Waals surface area contributed by atoms with Crippen molar-refractivity contribution in [2.75, 3.05) is 23.3 Å². The molecular weight excluding hydrogens is 388 g/mol. The van der Waals surface area contributed by atoms with E-state index in [-0.39, 0.29) is 6.04 Å². The van der Waals surface area contributed by atoms with Crippen molar-refractivity contribution in [3.63, 3.8) is 0 Å². The van der Waals surface area contributed by atoms with Crippen LogP contribution in [0.25, 0.3) is 21.5 Å². The zero-order chi connectivity index (χ0) is 21.7. The number of hydrogen-bond donors (Lipinski definition) is 1. The highest BCUT2D eigenvalue weighted by molar-refractivity contribution is 6.03. The molecule has 0 amide bonds. The Morgan fingerprint density at radius 2 is 1.53 bits per heavy atom. The molecule has 2 nitrogen and oxygen atoms in total. The number of nitrogens with one attached hydrogen (secondary N) is 1. The Balaban J connectivity index is 1.54. The molecule has 160 valence electrons. The molecule has 0 saturated carbocycles. The van der Waals surface area contributed by atoms with E-state index in [0.29, 0.717) is 11.8 Å². The lowest BCUT2D eigenvalue weighted by atomic mass is 9.75. The fourth-order valence-corrected chi connectivity index (χ4v) is 6.04. The highest BCUT2D eigenvalue weighted by Gasteiger charge is 2.39. The zero-order valence-electron chi connectivity index (χ0n) is 18.9. The second-order valence-electron chi connectivity index (χ2n) is 9.15. The summed E-state index contributed by atoms with van der Waals surface area (Å²) in [6.07, 6.45) is 5.97. The minimum atomic E-state index is 0.290. The van der Waals surface area contributed by atoms with Crippen molar-refractivity contribution in [1.82, 2.24) is 0 Å². The summed E-state index contributed by atoms with van der Waals surface area (Å²) in [5, 5.41) is 9.41. The number of fused-ring (bicyclic) bond motifs is 5. The molecule has 0 spiro atoms. The molecule has 2 heteroatoms. The monoisotopic (exact) mass is 418 g/mol. The van der Waals surface area contributed by atoms with E-state index < -0.39 is 0 Å². The molecule has 2 aliphatic rings. The second-order valence-corrected chi connectivity index (χ2v) is 9.15. The van der Waals surface area contributed by atoms with Crippen LogP contribution in [0.3, 0.4) is 0 Å². The molecule has 0 aromatic heterocycles.